The van der Waals surface area contributed by atoms with E-state index in [9.17, 15) is 13.6 Å². The Morgan fingerprint density at radius 3 is 2.47 bits per heavy atom. The number of halogens is 2. The number of benzene rings is 3. The Labute approximate surface area is 191 Å². The van der Waals surface area contributed by atoms with Gasteiger partial charge in [0.25, 0.3) is 5.56 Å². The summed E-state index contributed by atoms with van der Waals surface area (Å²) in [6.07, 6.45) is 3.57. The highest BCUT2D eigenvalue weighted by Gasteiger charge is 2.22. The predicted octanol–water partition coefficient (Wildman–Crippen LogP) is 4.46. The molecule has 1 aliphatic rings. The standard InChI is InChI=1S/C25H16F2N4O3/c1-30-12-15(11-28-30)14-3-2-4-17(7-14)31-25(32)20-10-23-22(33-13-34-23)9-19(20)24(29-31)18-6-5-16(26)8-21(18)27/h2-12H,13H2,1H3. The van der Waals surface area contributed by atoms with Gasteiger partial charge in [0.1, 0.15) is 17.3 Å². The first kappa shape index (κ1) is 20.1. The van der Waals surface area contributed by atoms with Gasteiger partial charge in [-0.2, -0.15) is 14.9 Å². The smallest absolute Gasteiger partial charge is 0.279 e. The maximum Gasteiger partial charge on any atom is 0.279 e. The van der Waals surface area contributed by atoms with Crippen molar-refractivity contribution in [2.24, 2.45) is 7.05 Å². The molecule has 0 saturated heterocycles. The van der Waals surface area contributed by atoms with Gasteiger partial charge in [0, 0.05) is 35.8 Å². The van der Waals surface area contributed by atoms with Crippen molar-refractivity contribution in [3.8, 4) is 39.6 Å². The van der Waals surface area contributed by atoms with Gasteiger partial charge >= 0.3 is 0 Å². The molecule has 0 N–H and O–H groups in total. The minimum atomic E-state index is -0.791. The van der Waals surface area contributed by atoms with Crippen molar-refractivity contribution in [3.05, 3.63) is 89.0 Å². The van der Waals surface area contributed by atoms with Crippen molar-refractivity contribution in [2.45, 2.75) is 0 Å². The van der Waals surface area contributed by atoms with Gasteiger partial charge in [-0.1, -0.05) is 12.1 Å². The zero-order valence-electron chi connectivity index (χ0n) is 17.8. The van der Waals surface area contributed by atoms with Crippen LogP contribution in [0.5, 0.6) is 11.5 Å². The molecule has 0 saturated carbocycles. The van der Waals surface area contributed by atoms with Crippen LogP contribution in [0.2, 0.25) is 0 Å². The van der Waals surface area contributed by atoms with Crippen LogP contribution in [0.4, 0.5) is 8.78 Å². The lowest BCUT2D eigenvalue weighted by molar-refractivity contribution is 0.174. The third kappa shape index (κ3) is 3.21. The number of aryl methyl sites for hydroxylation is 1. The first-order valence-corrected chi connectivity index (χ1v) is 10.4. The number of ether oxygens (including phenoxy) is 2. The molecular formula is C25H16F2N4O3. The van der Waals surface area contributed by atoms with Crippen LogP contribution < -0.4 is 15.0 Å². The van der Waals surface area contributed by atoms with E-state index in [1.54, 1.807) is 41.2 Å². The zero-order chi connectivity index (χ0) is 23.4. The highest BCUT2D eigenvalue weighted by Crippen LogP contribution is 2.38. The summed E-state index contributed by atoms with van der Waals surface area (Å²) in [7, 11) is 1.82. The molecule has 6 rings (SSSR count). The van der Waals surface area contributed by atoms with E-state index < -0.39 is 17.2 Å². The Kier molecular flexibility index (Phi) is 4.44. The molecule has 0 bridgehead atoms. The second kappa shape index (κ2) is 7.51. The van der Waals surface area contributed by atoms with E-state index in [2.05, 4.69) is 10.2 Å². The van der Waals surface area contributed by atoms with E-state index in [0.717, 1.165) is 23.3 Å². The molecule has 0 amide bonds. The molecule has 168 valence electrons. The SMILES string of the molecule is Cn1cc(-c2cccc(-n3nc(-c4ccc(F)cc4F)c4cc5c(cc4c3=O)OCO5)c2)cn1. The summed E-state index contributed by atoms with van der Waals surface area (Å²) >= 11 is 0. The Balaban J connectivity index is 1.64. The number of hydrogen-bond acceptors (Lipinski definition) is 5. The van der Waals surface area contributed by atoms with Gasteiger partial charge in [0.2, 0.25) is 6.79 Å². The van der Waals surface area contributed by atoms with Crippen LogP contribution >= 0.6 is 0 Å². The molecule has 9 heteroatoms. The Bertz CT molecular complexity index is 1660. The summed E-state index contributed by atoms with van der Waals surface area (Å²) in [5.41, 5.74) is 2.00. The van der Waals surface area contributed by atoms with Crippen molar-refractivity contribution >= 4 is 10.8 Å². The molecule has 0 spiro atoms. The minimum Gasteiger partial charge on any atom is -0.454 e. The maximum absolute atomic E-state index is 14.8. The largest absolute Gasteiger partial charge is 0.454 e. The molecule has 0 aliphatic carbocycles. The van der Waals surface area contributed by atoms with Crippen molar-refractivity contribution < 1.29 is 18.3 Å². The van der Waals surface area contributed by atoms with Gasteiger partial charge in [0.05, 0.1) is 17.3 Å². The van der Waals surface area contributed by atoms with Crippen molar-refractivity contribution in [3.63, 3.8) is 0 Å². The quantitative estimate of drug-likeness (QED) is 0.399. The van der Waals surface area contributed by atoms with Crippen LogP contribution in [0.1, 0.15) is 0 Å². The summed E-state index contributed by atoms with van der Waals surface area (Å²) in [4.78, 5) is 13.5. The normalized spacial score (nSPS) is 12.4. The molecule has 3 aromatic carbocycles. The number of nitrogens with zero attached hydrogens (tertiary/aromatic N) is 4. The minimum absolute atomic E-state index is 0.0146. The molecule has 34 heavy (non-hydrogen) atoms. The van der Waals surface area contributed by atoms with E-state index in [0.29, 0.717) is 22.6 Å². The molecule has 1 aliphatic heterocycles. The highest BCUT2D eigenvalue weighted by atomic mass is 19.1. The second-order valence-corrected chi connectivity index (χ2v) is 7.89. The summed E-state index contributed by atoms with van der Waals surface area (Å²) in [5.74, 6) is -0.660. The van der Waals surface area contributed by atoms with E-state index in [-0.39, 0.29) is 23.4 Å². The Morgan fingerprint density at radius 1 is 0.941 bits per heavy atom. The van der Waals surface area contributed by atoms with Gasteiger partial charge in [-0.15, -0.1) is 0 Å². The zero-order valence-corrected chi connectivity index (χ0v) is 17.8. The van der Waals surface area contributed by atoms with Crippen LogP contribution in [-0.4, -0.2) is 26.4 Å². The summed E-state index contributed by atoms with van der Waals surface area (Å²) in [6, 6.07) is 13.6. The van der Waals surface area contributed by atoms with Crippen LogP contribution in [-0.2, 0) is 7.05 Å². The number of fused-ring (bicyclic) bond motifs is 2. The molecule has 0 unspecified atom stereocenters. The lowest BCUT2D eigenvalue weighted by Crippen LogP contribution is -2.22. The fraction of sp³-hybridized carbons (Fsp3) is 0.0800. The lowest BCUT2D eigenvalue weighted by Gasteiger charge is -2.13. The van der Waals surface area contributed by atoms with Crippen LogP contribution in [0, 0.1) is 11.6 Å². The van der Waals surface area contributed by atoms with E-state index in [1.807, 2.05) is 19.3 Å². The van der Waals surface area contributed by atoms with Gasteiger partial charge < -0.3 is 9.47 Å². The van der Waals surface area contributed by atoms with Gasteiger partial charge in [0.15, 0.2) is 11.5 Å². The molecule has 5 aromatic rings. The molecule has 0 atom stereocenters. The van der Waals surface area contributed by atoms with E-state index in [1.165, 1.54) is 10.7 Å². The first-order valence-electron chi connectivity index (χ1n) is 10.4. The number of aromatic nitrogens is 4. The highest BCUT2D eigenvalue weighted by molar-refractivity contribution is 5.96. The molecule has 2 aromatic heterocycles. The topological polar surface area (TPSA) is 71.2 Å². The fourth-order valence-corrected chi connectivity index (χ4v) is 4.07. The van der Waals surface area contributed by atoms with Crippen molar-refractivity contribution in [1.29, 1.82) is 0 Å². The van der Waals surface area contributed by atoms with E-state index in [4.69, 9.17) is 9.47 Å². The second-order valence-electron chi connectivity index (χ2n) is 7.89. The number of rotatable bonds is 3. The molecule has 3 heterocycles. The Morgan fingerprint density at radius 2 is 1.74 bits per heavy atom. The van der Waals surface area contributed by atoms with Crippen LogP contribution in [0.3, 0.4) is 0 Å². The fourth-order valence-electron chi connectivity index (χ4n) is 4.07. The van der Waals surface area contributed by atoms with Crippen LogP contribution in [0.15, 0.2) is 71.8 Å². The summed E-state index contributed by atoms with van der Waals surface area (Å²) in [5, 5.41) is 9.36. The average molecular weight is 458 g/mol. The van der Waals surface area contributed by atoms with Gasteiger partial charge in [-0.25, -0.2) is 8.78 Å². The maximum atomic E-state index is 14.8. The third-order valence-corrected chi connectivity index (χ3v) is 5.71. The first-order chi connectivity index (χ1) is 16.5. The van der Waals surface area contributed by atoms with Gasteiger partial charge in [-0.05, 0) is 42.0 Å². The van der Waals surface area contributed by atoms with E-state index >= 15 is 0 Å². The third-order valence-electron chi connectivity index (χ3n) is 5.71. The lowest BCUT2D eigenvalue weighted by atomic mass is 10.0. The van der Waals surface area contributed by atoms with Crippen molar-refractivity contribution in [2.75, 3.05) is 6.79 Å². The number of hydrogen-bond donors (Lipinski definition) is 0. The molecule has 7 nitrogen and oxygen atoms in total. The predicted molar refractivity (Wildman–Crippen MR) is 121 cm³/mol. The average Bonchev–Trinajstić information content (AvgIpc) is 3.47. The molecule has 0 fully saturated rings. The van der Waals surface area contributed by atoms with Crippen LogP contribution in [0.25, 0.3) is 38.8 Å². The van der Waals surface area contributed by atoms with Gasteiger partial charge in [-0.3, -0.25) is 9.48 Å². The molecular weight excluding hydrogens is 442 g/mol. The summed E-state index contributed by atoms with van der Waals surface area (Å²) in [6.45, 7) is 0.0146. The molecule has 0 radical (unpaired) electrons. The Hall–Kier alpha value is -4.53. The monoisotopic (exact) mass is 458 g/mol. The summed E-state index contributed by atoms with van der Waals surface area (Å²) < 4.78 is 42.2. The van der Waals surface area contributed by atoms with Crippen molar-refractivity contribution in [1.82, 2.24) is 19.6 Å².